The molecule has 29 heavy (non-hydrogen) atoms. The van der Waals surface area contributed by atoms with E-state index in [0.717, 1.165) is 34.7 Å². The number of pyridine rings is 1. The smallest absolute Gasteiger partial charge is 0.264 e. The van der Waals surface area contributed by atoms with Gasteiger partial charge in [0.2, 0.25) is 5.91 Å². The third kappa shape index (κ3) is 5.09. The lowest BCUT2D eigenvalue weighted by molar-refractivity contribution is -0.117. The predicted octanol–water partition coefficient (Wildman–Crippen LogP) is 4.64. The minimum atomic E-state index is -0.0610. The van der Waals surface area contributed by atoms with Crippen LogP contribution in [0.2, 0.25) is 0 Å². The normalized spacial score (nSPS) is 13.1. The molecule has 148 valence electrons. The van der Waals surface area contributed by atoms with Crippen LogP contribution in [0.15, 0.2) is 60.8 Å². The Bertz CT molecular complexity index is 1010. The predicted molar refractivity (Wildman–Crippen MR) is 115 cm³/mol. The van der Waals surface area contributed by atoms with Crippen LogP contribution in [0.4, 0.5) is 5.00 Å². The van der Waals surface area contributed by atoms with Crippen molar-refractivity contribution in [3.63, 3.8) is 0 Å². The van der Waals surface area contributed by atoms with Gasteiger partial charge in [-0.25, -0.2) is 0 Å². The molecule has 1 fully saturated rings. The number of carbonyl (C=O) groups excluding carboxylic acids is 2. The number of hydrogen-bond acceptors (Lipinski definition) is 4. The summed E-state index contributed by atoms with van der Waals surface area (Å²) in [4.78, 5) is 32.1. The van der Waals surface area contributed by atoms with Crippen LogP contribution in [0, 0.1) is 12.8 Å². The van der Waals surface area contributed by atoms with E-state index in [4.69, 9.17) is 0 Å². The molecule has 1 aliphatic rings. The van der Waals surface area contributed by atoms with Gasteiger partial charge in [0.05, 0.1) is 22.1 Å². The van der Waals surface area contributed by atoms with Gasteiger partial charge in [0.25, 0.3) is 5.91 Å². The van der Waals surface area contributed by atoms with E-state index in [-0.39, 0.29) is 17.7 Å². The Kier molecular flexibility index (Phi) is 5.71. The molecule has 0 bridgehead atoms. The van der Waals surface area contributed by atoms with Gasteiger partial charge in [-0.1, -0.05) is 35.9 Å². The Labute approximate surface area is 174 Å². The molecule has 4 rings (SSSR count). The molecule has 0 spiro atoms. The lowest BCUT2D eigenvalue weighted by Crippen LogP contribution is -2.30. The zero-order chi connectivity index (χ0) is 20.2. The van der Waals surface area contributed by atoms with E-state index in [1.165, 1.54) is 11.3 Å². The van der Waals surface area contributed by atoms with E-state index in [2.05, 4.69) is 16.4 Å². The first-order valence-electron chi connectivity index (χ1n) is 9.74. The van der Waals surface area contributed by atoms with Crippen LogP contribution in [0.25, 0.3) is 0 Å². The van der Waals surface area contributed by atoms with Crippen LogP contribution in [0.3, 0.4) is 0 Å². The number of anilines is 1. The standard InChI is InChI=1S/C23H23N3O2S/c1-16-5-4-6-17(13-16)14-26(15-19-7-2-3-12-24-19)23(28)20-10-11-21(29-20)25-22(27)18-8-9-18/h2-7,10-13,18H,8-9,14-15H2,1H3,(H,25,27). The van der Waals surface area contributed by atoms with Crippen molar-refractivity contribution in [1.29, 1.82) is 0 Å². The topological polar surface area (TPSA) is 62.3 Å². The van der Waals surface area contributed by atoms with E-state index in [1.54, 1.807) is 17.2 Å². The van der Waals surface area contributed by atoms with Crippen molar-refractivity contribution in [2.75, 3.05) is 5.32 Å². The molecule has 3 aromatic rings. The number of benzene rings is 1. The second-order valence-corrected chi connectivity index (χ2v) is 8.48. The molecule has 0 aliphatic heterocycles. The van der Waals surface area contributed by atoms with Gasteiger partial charge in [0.15, 0.2) is 0 Å². The van der Waals surface area contributed by atoms with Crippen molar-refractivity contribution >= 4 is 28.2 Å². The van der Waals surface area contributed by atoms with Crippen molar-refractivity contribution in [2.45, 2.75) is 32.9 Å². The Morgan fingerprint density at radius 2 is 1.97 bits per heavy atom. The first-order chi connectivity index (χ1) is 14.1. The Balaban J connectivity index is 1.53. The quantitative estimate of drug-likeness (QED) is 0.623. The molecule has 2 aromatic heterocycles. The molecule has 0 atom stereocenters. The van der Waals surface area contributed by atoms with Crippen LogP contribution in [0.5, 0.6) is 0 Å². The monoisotopic (exact) mass is 405 g/mol. The zero-order valence-electron chi connectivity index (χ0n) is 16.3. The fraction of sp³-hybridized carbons (Fsp3) is 0.261. The second-order valence-electron chi connectivity index (χ2n) is 7.40. The number of amides is 2. The van der Waals surface area contributed by atoms with E-state index >= 15 is 0 Å². The van der Waals surface area contributed by atoms with E-state index in [1.807, 2.05) is 49.4 Å². The number of aromatic nitrogens is 1. The first-order valence-corrected chi connectivity index (χ1v) is 10.6. The molecule has 6 heteroatoms. The summed E-state index contributed by atoms with van der Waals surface area (Å²) in [5.74, 6) is 0.128. The van der Waals surface area contributed by atoms with Gasteiger partial charge in [0, 0.05) is 18.7 Å². The van der Waals surface area contributed by atoms with Crippen molar-refractivity contribution in [3.8, 4) is 0 Å². The summed E-state index contributed by atoms with van der Waals surface area (Å²) in [6, 6.07) is 17.5. The number of carbonyl (C=O) groups is 2. The van der Waals surface area contributed by atoms with Gasteiger partial charge in [-0.05, 0) is 49.6 Å². The van der Waals surface area contributed by atoms with Gasteiger partial charge in [-0.15, -0.1) is 11.3 Å². The number of thiophene rings is 1. The third-order valence-corrected chi connectivity index (χ3v) is 5.82. The molecule has 0 radical (unpaired) electrons. The average molecular weight is 406 g/mol. The van der Waals surface area contributed by atoms with Gasteiger partial charge in [0.1, 0.15) is 0 Å². The Morgan fingerprint density at radius 3 is 2.69 bits per heavy atom. The zero-order valence-corrected chi connectivity index (χ0v) is 17.1. The van der Waals surface area contributed by atoms with Crippen LogP contribution in [0.1, 0.15) is 39.3 Å². The summed E-state index contributed by atoms with van der Waals surface area (Å²) in [6.07, 6.45) is 3.65. The van der Waals surface area contributed by atoms with Crippen LogP contribution < -0.4 is 5.32 Å². The Hall–Kier alpha value is -2.99. The van der Waals surface area contributed by atoms with Gasteiger partial charge in [-0.3, -0.25) is 14.6 Å². The molecule has 0 unspecified atom stereocenters. The summed E-state index contributed by atoms with van der Waals surface area (Å²) in [7, 11) is 0. The van der Waals surface area contributed by atoms with Gasteiger partial charge in [-0.2, -0.15) is 0 Å². The molecule has 0 saturated heterocycles. The molecule has 1 aliphatic carbocycles. The van der Waals surface area contributed by atoms with Crippen molar-refractivity contribution in [2.24, 2.45) is 5.92 Å². The van der Waals surface area contributed by atoms with Crippen LogP contribution >= 0.6 is 11.3 Å². The van der Waals surface area contributed by atoms with E-state index in [0.29, 0.717) is 18.0 Å². The van der Waals surface area contributed by atoms with Crippen LogP contribution in [-0.4, -0.2) is 21.7 Å². The summed E-state index contributed by atoms with van der Waals surface area (Å²) >= 11 is 1.32. The Morgan fingerprint density at radius 1 is 1.10 bits per heavy atom. The molecular formula is C23H23N3O2S. The minimum absolute atomic E-state index is 0.0518. The fourth-order valence-corrected chi connectivity index (χ4v) is 4.04. The maximum absolute atomic E-state index is 13.3. The number of rotatable bonds is 7. The van der Waals surface area contributed by atoms with Crippen molar-refractivity contribution < 1.29 is 9.59 Å². The largest absolute Gasteiger partial charge is 0.328 e. The van der Waals surface area contributed by atoms with Crippen LogP contribution in [-0.2, 0) is 17.9 Å². The summed E-state index contributed by atoms with van der Waals surface area (Å²) in [5, 5.41) is 3.64. The highest BCUT2D eigenvalue weighted by Gasteiger charge is 2.30. The summed E-state index contributed by atoms with van der Waals surface area (Å²) < 4.78 is 0. The highest BCUT2D eigenvalue weighted by Crippen LogP contribution is 2.32. The minimum Gasteiger partial charge on any atom is -0.328 e. The fourth-order valence-electron chi connectivity index (χ4n) is 3.16. The number of hydrogen-bond donors (Lipinski definition) is 1. The maximum atomic E-state index is 13.3. The molecule has 1 saturated carbocycles. The van der Waals surface area contributed by atoms with Gasteiger partial charge >= 0.3 is 0 Å². The lowest BCUT2D eigenvalue weighted by atomic mass is 10.1. The number of nitrogens with one attached hydrogen (secondary N) is 1. The highest BCUT2D eigenvalue weighted by atomic mass is 32.1. The third-order valence-electron chi connectivity index (χ3n) is 4.83. The van der Waals surface area contributed by atoms with Gasteiger partial charge < -0.3 is 10.2 Å². The first kappa shape index (κ1) is 19.3. The average Bonchev–Trinajstić information content (AvgIpc) is 3.47. The number of aryl methyl sites for hydroxylation is 1. The lowest BCUT2D eigenvalue weighted by Gasteiger charge is -2.22. The van der Waals surface area contributed by atoms with E-state index < -0.39 is 0 Å². The SMILES string of the molecule is Cc1cccc(CN(Cc2ccccn2)C(=O)c2ccc(NC(=O)C3CC3)s2)c1. The van der Waals surface area contributed by atoms with Crippen molar-refractivity contribution in [1.82, 2.24) is 9.88 Å². The highest BCUT2D eigenvalue weighted by molar-refractivity contribution is 7.18. The molecular weight excluding hydrogens is 382 g/mol. The summed E-state index contributed by atoms with van der Waals surface area (Å²) in [5.41, 5.74) is 3.08. The summed E-state index contributed by atoms with van der Waals surface area (Å²) in [6.45, 7) is 2.97. The molecule has 2 amide bonds. The number of nitrogens with zero attached hydrogens (tertiary/aromatic N) is 2. The van der Waals surface area contributed by atoms with Crippen molar-refractivity contribution in [3.05, 3.63) is 82.5 Å². The molecule has 2 heterocycles. The second kappa shape index (κ2) is 8.57. The molecule has 1 aromatic carbocycles. The molecule has 1 N–H and O–H groups in total. The van der Waals surface area contributed by atoms with E-state index in [9.17, 15) is 9.59 Å². The molecule has 5 nitrogen and oxygen atoms in total. The maximum Gasteiger partial charge on any atom is 0.264 e.